The number of hydrogen-bond donors (Lipinski definition) is 3. The second-order valence-corrected chi connectivity index (χ2v) is 5.43. The van der Waals surface area contributed by atoms with Gasteiger partial charge in [0.2, 0.25) is 5.91 Å². The van der Waals surface area contributed by atoms with Crippen LogP contribution in [0.4, 0.5) is 0 Å². The molecule has 1 aliphatic heterocycles. The van der Waals surface area contributed by atoms with E-state index in [9.17, 15) is 9.90 Å². The molecule has 1 heterocycles. The summed E-state index contributed by atoms with van der Waals surface area (Å²) < 4.78 is 0. The number of benzene rings is 1. The van der Waals surface area contributed by atoms with Crippen LogP contribution in [0.15, 0.2) is 24.3 Å². The zero-order valence-corrected chi connectivity index (χ0v) is 11.5. The van der Waals surface area contributed by atoms with Crippen LogP contribution in [0.5, 0.6) is 5.75 Å². The van der Waals surface area contributed by atoms with E-state index in [1.54, 1.807) is 29.2 Å². The minimum Gasteiger partial charge on any atom is -0.508 e. The van der Waals surface area contributed by atoms with Crippen LogP contribution in [0.25, 0.3) is 0 Å². The van der Waals surface area contributed by atoms with E-state index in [2.05, 4.69) is 0 Å². The van der Waals surface area contributed by atoms with E-state index in [0.717, 1.165) is 18.4 Å². The maximum Gasteiger partial charge on any atom is 0.239 e. The monoisotopic (exact) mass is 278 g/mol. The van der Waals surface area contributed by atoms with Gasteiger partial charge in [0.25, 0.3) is 0 Å². The number of aliphatic hydroxyl groups excluding tert-OH is 1. The van der Waals surface area contributed by atoms with Crippen molar-refractivity contribution in [3.63, 3.8) is 0 Å². The summed E-state index contributed by atoms with van der Waals surface area (Å²) in [7, 11) is 0. The lowest BCUT2D eigenvalue weighted by Crippen LogP contribution is -2.48. The Labute approximate surface area is 119 Å². The predicted molar refractivity (Wildman–Crippen MR) is 76.2 cm³/mol. The molecule has 110 valence electrons. The molecule has 5 nitrogen and oxygen atoms in total. The van der Waals surface area contributed by atoms with Crippen LogP contribution in [0, 0.1) is 5.92 Å². The molecule has 0 unspecified atom stereocenters. The first kappa shape index (κ1) is 14.8. The van der Waals surface area contributed by atoms with E-state index in [1.807, 2.05) is 0 Å². The lowest BCUT2D eigenvalue weighted by Gasteiger charge is -2.32. The molecule has 0 spiro atoms. The highest BCUT2D eigenvalue weighted by molar-refractivity contribution is 5.82. The maximum atomic E-state index is 12.3. The third-order valence-corrected chi connectivity index (χ3v) is 3.89. The number of nitrogens with zero attached hydrogens (tertiary/aromatic N) is 1. The van der Waals surface area contributed by atoms with E-state index in [-0.39, 0.29) is 18.3 Å². The van der Waals surface area contributed by atoms with Crippen LogP contribution >= 0.6 is 0 Å². The number of aliphatic hydroxyl groups is 1. The first-order chi connectivity index (χ1) is 9.60. The number of carbonyl (C=O) groups excluding carboxylic acids is 1. The fourth-order valence-corrected chi connectivity index (χ4v) is 2.54. The number of phenols is 1. The number of carbonyl (C=O) groups is 1. The summed E-state index contributed by atoms with van der Waals surface area (Å²) in [5.41, 5.74) is 6.92. The Kier molecular flexibility index (Phi) is 4.98. The quantitative estimate of drug-likeness (QED) is 0.748. The molecule has 1 aliphatic rings. The highest BCUT2D eigenvalue weighted by Crippen LogP contribution is 2.18. The summed E-state index contributed by atoms with van der Waals surface area (Å²) in [4.78, 5) is 14.0. The minimum absolute atomic E-state index is 0.0329. The highest BCUT2D eigenvalue weighted by atomic mass is 16.3. The molecule has 4 N–H and O–H groups in total. The Hall–Kier alpha value is -1.59. The Morgan fingerprint density at radius 3 is 2.45 bits per heavy atom. The summed E-state index contributed by atoms with van der Waals surface area (Å²) >= 11 is 0. The number of nitrogens with two attached hydrogens (primary N) is 1. The zero-order valence-electron chi connectivity index (χ0n) is 11.5. The van der Waals surface area contributed by atoms with Gasteiger partial charge in [0, 0.05) is 19.7 Å². The Balaban J connectivity index is 1.87. The normalized spacial score (nSPS) is 18.0. The molecule has 1 aromatic rings. The second kappa shape index (κ2) is 6.72. The fraction of sp³-hybridized carbons (Fsp3) is 0.533. The molecule has 1 fully saturated rings. The van der Waals surface area contributed by atoms with Gasteiger partial charge in [-0.25, -0.2) is 0 Å². The van der Waals surface area contributed by atoms with Crippen LogP contribution in [0.1, 0.15) is 18.4 Å². The van der Waals surface area contributed by atoms with Gasteiger partial charge >= 0.3 is 0 Å². The van der Waals surface area contributed by atoms with Gasteiger partial charge in [-0.1, -0.05) is 12.1 Å². The first-order valence-corrected chi connectivity index (χ1v) is 7.03. The van der Waals surface area contributed by atoms with Crippen LogP contribution in [-0.2, 0) is 11.2 Å². The number of phenolic OH excluding ortho intramolecular Hbond substituents is 1. The SMILES string of the molecule is N[C@H](Cc1ccc(O)cc1)C(=O)N1CCC(CO)CC1. The van der Waals surface area contributed by atoms with Crippen molar-refractivity contribution >= 4 is 5.91 Å². The molecule has 2 rings (SSSR count). The van der Waals surface area contributed by atoms with Gasteiger partial charge in [0.1, 0.15) is 5.75 Å². The summed E-state index contributed by atoms with van der Waals surface area (Å²) in [5, 5.41) is 18.3. The van der Waals surface area contributed by atoms with E-state index < -0.39 is 6.04 Å². The standard InChI is InChI=1S/C15H22N2O3/c16-14(9-11-1-3-13(19)4-2-11)15(20)17-7-5-12(10-18)6-8-17/h1-4,12,14,18-19H,5-10,16H2/t14-/m1/s1. The average molecular weight is 278 g/mol. The smallest absolute Gasteiger partial charge is 0.239 e. The van der Waals surface area contributed by atoms with Crippen molar-refractivity contribution in [1.29, 1.82) is 0 Å². The molecule has 0 aliphatic carbocycles. The molecule has 5 heteroatoms. The van der Waals surface area contributed by atoms with Gasteiger partial charge in [0.05, 0.1) is 6.04 Å². The van der Waals surface area contributed by atoms with E-state index in [0.29, 0.717) is 25.4 Å². The third-order valence-electron chi connectivity index (χ3n) is 3.89. The van der Waals surface area contributed by atoms with Crippen molar-refractivity contribution < 1.29 is 15.0 Å². The van der Waals surface area contributed by atoms with Gasteiger partial charge in [-0.15, -0.1) is 0 Å². The number of hydrogen-bond acceptors (Lipinski definition) is 4. The van der Waals surface area contributed by atoms with Crippen molar-refractivity contribution in [3.05, 3.63) is 29.8 Å². The van der Waals surface area contributed by atoms with Crippen LogP contribution < -0.4 is 5.73 Å². The Bertz CT molecular complexity index is 439. The number of likely N-dealkylation sites (tertiary alicyclic amines) is 1. The van der Waals surface area contributed by atoms with Gasteiger partial charge in [0.15, 0.2) is 0 Å². The van der Waals surface area contributed by atoms with Crippen molar-refractivity contribution in [2.24, 2.45) is 11.7 Å². The van der Waals surface area contributed by atoms with Crippen molar-refractivity contribution in [3.8, 4) is 5.75 Å². The summed E-state index contributed by atoms with van der Waals surface area (Å²) in [5.74, 6) is 0.488. The van der Waals surface area contributed by atoms with E-state index >= 15 is 0 Å². The molecule has 1 saturated heterocycles. The molecule has 0 radical (unpaired) electrons. The summed E-state index contributed by atoms with van der Waals surface area (Å²) in [6.07, 6.45) is 2.15. The average Bonchev–Trinajstić information content (AvgIpc) is 2.49. The minimum atomic E-state index is -0.551. The molecular weight excluding hydrogens is 256 g/mol. The molecular formula is C15H22N2O3. The molecule has 1 atom stereocenters. The number of amides is 1. The lowest BCUT2D eigenvalue weighted by molar-refractivity contribution is -0.134. The van der Waals surface area contributed by atoms with Crippen molar-refractivity contribution in [1.82, 2.24) is 4.90 Å². The van der Waals surface area contributed by atoms with E-state index in [1.165, 1.54) is 0 Å². The molecule has 1 amide bonds. The molecule has 20 heavy (non-hydrogen) atoms. The number of piperidine rings is 1. The molecule has 0 aromatic heterocycles. The maximum absolute atomic E-state index is 12.3. The lowest BCUT2D eigenvalue weighted by atomic mass is 9.96. The number of rotatable bonds is 4. The Morgan fingerprint density at radius 1 is 1.30 bits per heavy atom. The van der Waals surface area contributed by atoms with Gasteiger partial charge in [-0.05, 0) is 42.9 Å². The van der Waals surface area contributed by atoms with Crippen LogP contribution in [-0.4, -0.2) is 46.8 Å². The molecule has 1 aromatic carbocycles. The zero-order chi connectivity index (χ0) is 14.5. The molecule has 0 bridgehead atoms. The second-order valence-electron chi connectivity index (χ2n) is 5.43. The van der Waals surface area contributed by atoms with Crippen molar-refractivity contribution in [2.75, 3.05) is 19.7 Å². The third kappa shape index (κ3) is 3.71. The Morgan fingerprint density at radius 2 is 1.90 bits per heavy atom. The topological polar surface area (TPSA) is 86.8 Å². The van der Waals surface area contributed by atoms with Gasteiger partial charge in [-0.2, -0.15) is 0 Å². The number of aromatic hydroxyl groups is 1. The summed E-state index contributed by atoms with van der Waals surface area (Å²) in [6.45, 7) is 1.54. The summed E-state index contributed by atoms with van der Waals surface area (Å²) in [6, 6.07) is 6.20. The fourth-order valence-electron chi connectivity index (χ4n) is 2.54. The van der Waals surface area contributed by atoms with Gasteiger partial charge in [-0.3, -0.25) is 4.79 Å². The van der Waals surface area contributed by atoms with Crippen molar-refractivity contribution in [2.45, 2.75) is 25.3 Å². The highest BCUT2D eigenvalue weighted by Gasteiger charge is 2.26. The first-order valence-electron chi connectivity index (χ1n) is 7.03. The molecule has 0 saturated carbocycles. The predicted octanol–water partition coefficient (Wildman–Crippen LogP) is 0.493. The van der Waals surface area contributed by atoms with E-state index in [4.69, 9.17) is 10.8 Å². The van der Waals surface area contributed by atoms with Crippen LogP contribution in [0.3, 0.4) is 0 Å². The van der Waals surface area contributed by atoms with Gasteiger partial charge < -0.3 is 20.8 Å². The van der Waals surface area contributed by atoms with Crippen LogP contribution in [0.2, 0.25) is 0 Å². The largest absolute Gasteiger partial charge is 0.508 e.